The molecule has 0 spiro atoms. The van der Waals surface area contributed by atoms with Gasteiger partial charge in [-0.15, -0.1) is 0 Å². The van der Waals surface area contributed by atoms with Crippen molar-refractivity contribution in [2.75, 3.05) is 5.73 Å². The second-order valence-corrected chi connectivity index (χ2v) is 5.03. The van der Waals surface area contributed by atoms with Crippen molar-refractivity contribution in [3.8, 4) is 0 Å². The van der Waals surface area contributed by atoms with Gasteiger partial charge in [0.05, 0.1) is 4.92 Å². The van der Waals surface area contributed by atoms with Gasteiger partial charge >= 0.3 is 0 Å². The molecule has 1 aromatic carbocycles. The van der Waals surface area contributed by atoms with Gasteiger partial charge in [0.2, 0.25) is 0 Å². The van der Waals surface area contributed by atoms with Crippen LogP contribution in [0, 0.1) is 10.1 Å². The second-order valence-electron chi connectivity index (χ2n) is 3.47. The van der Waals surface area contributed by atoms with E-state index in [-0.39, 0.29) is 11.4 Å². The average Bonchev–Trinajstić information content (AvgIpc) is 2.15. The molecule has 1 rings (SSSR count). The van der Waals surface area contributed by atoms with Crippen LogP contribution in [0.3, 0.4) is 0 Å². The Kier molecular flexibility index (Phi) is 3.96. The van der Waals surface area contributed by atoms with Gasteiger partial charge < -0.3 is 5.73 Å². The maximum atomic E-state index is 10.6. The van der Waals surface area contributed by atoms with Gasteiger partial charge in [-0.3, -0.25) is 10.1 Å². The van der Waals surface area contributed by atoms with E-state index in [2.05, 4.69) is 13.8 Å². The minimum atomic E-state index is -0.446. The van der Waals surface area contributed by atoms with Crippen LogP contribution < -0.4 is 5.73 Å². The number of rotatable bonds is 4. The van der Waals surface area contributed by atoms with E-state index in [1.165, 1.54) is 6.07 Å². The number of thioether (sulfide) groups is 1. The zero-order valence-electron chi connectivity index (χ0n) is 8.77. The molecule has 0 aromatic heterocycles. The number of para-hydroxylation sites is 1. The number of nitrogens with two attached hydrogens (primary N) is 1. The molecule has 5 heteroatoms. The average molecular weight is 226 g/mol. The van der Waals surface area contributed by atoms with Gasteiger partial charge in [0, 0.05) is 11.8 Å². The lowest BCUT2D eigenvalue weighted by molar-refractivity contribution is -0.383. The van der Waals surface area contributed by atoms with E-state index in [4.69, 9.17) is 5.73 Å². The molecule has 1 aromatic rings. The van der Waals surface area contributed by atoms with Crippen molar-refractivity contribution < 1.29 is 4.92 Å². The molecule has 0 saturated carbocycles. The number of nitro benzene ring substituents is 1. The third-order valence-electron chi connectivity index (χ3n) is 1.94. The Labute approximate surface area is 93.0 Å². The summed E-state index contributed by atoms with van der Waals surface area (Å²) in [7, 11) is 0. The predicted molar refractivity (Wildman–Crippen MR) is 63.9 cm³/mol. The normalized spacial score (nSPS) is 10.6. The number of benzene rings is 1. The monoisotopic (exact) mass is 226 g/mol. The van der Waals surface area contributed by atoms with Gasteiger partial charge in [-0.2, -0.15) is 11.8 Å². The van der Waals surface area contributed by atoms with Gasteiger partial charge in [-0.25, -0.2) is 0 Å². The summed E-state index contributed by atoms with van der Waals surface area (Å²) in [6, 6.07) is 4.93. The lowest BCUT2D eigenvalue weighted by atomic mass is 10.2. The third-order valence-corrected chi connectivity index (χ3v) is 3.09. The summed E-state index contributed by atoms with van der Waals surface area (Å²) < 4.78 is 0. The van der Waals surface area contributed by atoms with Crippen LogP contribution in [-0.2, 0) is 5.75 Å². The molecule has 0 aliphatic rings. The Morgan fingerprint density at radius 2 is 2.20 bits per heavy atom. The number of nitrogens with zero attached hydrogens (tertiary/aromatic N) is 1. The molecule has 0 fully saturated rings. The molecule has 0 radical (unpaired) electrons. The van der Waals surface area contributed by atoms with E-state index in [9.17, 15) is 10.1 Å². The zero-order chi connectivity index (χ0) is 11.4. The van der Waals surface area contributed by atoms with E-state index in [0.29, 0.717) is 11.0 Å². The van der Waals surface area contributed by atoms with Crippen molar-refractivity contribution >= 4 is 23.1 Å². The van der Waals surface area contributed by atoms with Crippen molar-refractivity contribution in [2.45, 2.75) is 24.9 Å². The molecule has 82 valence electrons. The third kappa shape index (κ3) is 3.13. The smallest absolute Gasteiger partial charge is 0.292 e. The molecule has 0 aliphatic carbocycles. The molecule has 15 heavy (non-hydrogen) atoms. The summed E-state index contributed by atoms with van der Waals surface area (Å²) in [5, 5.41) is 11.1. The van der Waals surface area contributed by atoms with E-state index in [1.807, 2.05) is 6.07 Å². The van der Waals surface area contributed by atoms with Crippen molar-refractivity contribution in [1.82, 2.24) is 0 Å². The highest BCUT2D eigenvalue weighted by atomic mass is 32.2. The van der Waals surface area contributed by atoms with Crippen LogP contribution in [0.4, 0.5) is 11.4 Å². The predicted octanol–water partition coefficient (Wildman–Crippen LogP) is 2.82. The number of hydrogen-bond acceptors (Lipinski definition) is 4. The molecule has 0 saturated heterocycles. The summed E-state index contributed by atoms with van der Waals surface area (Å²) in [6.45, 7) is 4.16. The quantitative estimate of drug-likeness (QED) is 0.487. The molecule has 0 bridgehead atoms. The van der Waals surface area contributed by atoms with Crippen molar-refractivity contribution in [2.24, 2.45) is 0 Å². The molecule has 0 atom stereocenters. The van der Waals surface area contributed by atoms with Gasteiger partial charge in [0.15, 0.2) is 0 Å². The SMILES string of the molecule is CC(C)SCc1cccc([N+](=O)[O-])c1N. The Hall–Kier alpha value is -1.23. The highest BCUT2D eigenvalue weighted by Crippen LogP contribution is 2.28. The minimum absolute atomic E-state index is 0.00291. The van der Waals surface area contributed by atoms with Crippen LogP contribution in [0.25, 0.3) is 0 Å². The first kappa shape index (κ1) is 11.8. The van der Waals surface area contributed by atoms with Crippen LogP contribution in [0.2, 0.25) is 0 Å². The van der Waals surface area contributed by atoms with E-state index >= 15 is 0 Å². The molecule has 0 aliphatic heterocycles. The van der Waals surface area contributed by atoms with E-state index in [1.54, 1.807) is 17.8 Å². The fourth-order valence-electron chi connectivity index (χ4n) is 1.14. The molecule has 2 N–H and O–H groups in total. The Bertz CT molecular complexity index is 366. The van der Waals surface area contributed by atoms with Crippen LogP contribution >= 0.6 is 11.8 Å². The first-order chi connectivity index (χ1) is 7.02. The largest absolute Gasteiger partial charge is 0.393 e. The fourth-order valence-corrected chi connectivity index (χ4v) is 1.91. The molecule has 4 nitrogen and oxygen atoms in total. The number of hydrogen-bond donors (Lipinski definition) is 1. The first-order valence-corrected chi connectivity index (χ1v) is 5.70. The van der Waals surface area contributed by atoms with E-state index < -0.39 is 4.92 Å². The summed E-state index contributed by atoms with van der Waals surface area (Å²) in [4.78, 5) is 10.2. The zero-order valence-corrected chi connectivity index (χ0v) is 9.58. The summed E-state index contributed by atoms with van der Waals surface area (Å²) >= 11 is 1.72. The molecular formula is C10H14N2O2S. The van der Waals surface area contributed by atoms with Gasteiger partial charge in [0.1, 0.15) is 5.69 Å². The standard InChI is InChI=1S/C10H14N2O2S/c1-7(2)15-6-8-4-3-5-9(10(8)11)12(13)14/h3-5,7H,6,11H2,1-2H3. The van der Waals surface area contributed by atoms with Gasteiger partial charge in [-0.1, -0.05) is 26.0 Å². The van der Waals surface area contributed by atoms with Crippen molar-refractivity contribution in [1.29, 1.82) is 0 Å². The van der Waals surface area contributed by atoms with Crippen LogP contribution in [-0.4, -0.2) is 10.2 Å². The molecular weight excluding hydrogens is 212 g/mol. The maximum Gasteiger partial charge on any atom is 0.292 e. The number of nitro groups is 1. The van der Waals surface area contributed by atoms with Gasteiger partial charge in [0.25, 0.3) is 5.69 Å². The fraction of sp³-hybridized carbons (Fsp3) is 0.400. The Morgan fingerprint density at radius 3 is 2.73 bits per heavy atom. The highest BCUT2D eigenvalue weighted by molar-refractivity contribution is 7.99. The van der Waals surface area contributed by atoms with Crippen LogP contribution in [0.5, 0.6) is 0 Å². The summed E-state index contributed by atoms with van der Waals surface area (Å²) in [5.41, 5.74) is 6.84. The summed E-state index contributed by atoms with van der Waals surface area (Å²) in [5.74, 6) is 0.713. The van der Waals surface area contributed by atoms with Crippen molar-refractivity contribution in [3.05, 3.63) is 33.9 Å². The molecule has 0 heterocycles. The molecule has 0 amide bonds. The number of anilines is 1. The maximum absolute atomic E-state index is 10.6. The minimum Gasteiger partial charge on any atom is -0.393 e. The Morgan fingerprint density at radius 1 is 1.53 bits per heavy atom. The highest BCUT2D eigenvalue weighted by Gasteiger charge is 2.14. The Balaban J connectivity index is 2.89. The molecule has 0 unspecified atom stereocenters. The van der Waals surface area contributed by atoms with Crippen LogP contribution in [0.1, 0.15) is 19.4 Å². The van der Waals surface area contributed by atoms with Crippen LogP contribution in [0.15, 0.2) is 18.2 Å². The second kappa shape index (κ2) is 5.02. The van der Waals surface area contributed by atoms with E-state index in [0.717, 1.165) is 5.56 Å². The summed E-state index contributed by atoms with van der Waals surface area (Å²) in [6.07, 6.45) is 0. The lowest BCUT2D eigenvalue weighted by Crippen LogP contribution is -2.00. The van der Waals surface area contributed by atoms with Crippen molar-refractivity contribution in [3.63, 3.8) is 0 Å². The van der Waals surface area contributed by atoms with Gasteiger partial charge in [-0.05, 0) is 10.8 Å². The number of nitrogen functional groups attached to an aromatic ring is 1. The lowest BCUT2D eigenvalue weighted by Gasteiger charge is -2.07. The first-order valence-electron chi connectivity index (χ1n) is 4.65. The topological polar surface area (TPSA) is 69.2 Å².